The van der Waals surface area contributed by atoms with Crippen molar-refractivity contribution in [3.05, 3.63) is 35.4 Å². The lowest BCUT2D eigenvalue weighted by atomic mass is 10.0. The molecule has 0 radical (unpaired) electrons. The van der Waals surface area contributed by atoms with E-state index in [1.54, 1.807) is 11.1 Å². The number of hydrazone groups is 1. The molecule has 1 atom stereocenters. The topological polar surface area (TPSA) is 35.9 Å². The van der Waals surface area contributed by atoms with Gasteiger partial charge >= 0.3 is 6.03 Å². The summed E-state index contributed by atoms with van der Waals surface area (Å²) in [6.07, 6.45) is 3.07. The van der Waals surface area contributed by atoms with Crippen molar-refractivity contribution in [3.63, 3.8) is 0 Å². The predicted molar refractivity (Wildman–Crippen MR) is 65.6 cm³/mol. The number of nitrogens with zero attached hydrogens (tertiary/aromatic N) is 3. The highest BCUT2D eigenvalue weighted by atomic mass is 19.1. The average molecular weight is 265 g/mol. The molecule has 0 unspecified atom stereocenters. The zero-order valence-electron chi connectivity index (χ0n) is 10.2. The van der Waals surface area contributed by atoms with Crippen LogP contribution in [0.1, 0.15) is 24.4 Å². The second kappa shape index (κ2) is 4.60. The van der Waals surface area contributed by atoms with Crippen molar-refractivity contribution >= 4 is 12.2 Å². The van der Waals surface area contributed by atoms with E-state index in [9.17, 15) is 13.6 Å². The number of carbonyl (C=O) groups is 1. The Hall–Kier alpha value is -1.98. The molecule has 2 aliphatic rings. The Morgan fingerprint density at radius 3 is 2.47 bits per heavy atom. The van der Waals surface area contributed by atoms with E-state index in [0.29, 0.717) is 12.0 Å². The third kappa shape index (κ3) is 2.18. The normalized spacial score (nSPS) is 21.7. The van der Waals surface area contributed by atoms with Crippen molar-refractivity contribution < 1.29 is 13.6 Å². The second-order valence-corrected chi connectivity index (χ2v) is 4.72. The zero-order valence-corrected chi connectivity index (χ0v) is 10.2. The van der Waals surface area contributed by atoms with Crippen LogP contribution in [0, 0.1) is 11.6 Å². The Morgan fingerprint density at radius 2 is 1.89 bits per heavy atom. The number of benzene rings is 1. The van der Waals surface area contributed by atoms with Gasteiger partial charge in [-0.05, 0) is 24.1 Å². The van der Waals surface area contributed by atoms with Crippen LogP contribution < -0.4 is 0 Å². The molecule has 2 heterocycles. The Labute approximate surface area is 109 Å². The first-order valence-corrected chi connectivity index (χ1v) is 6.22. The number of amides is 2. The number of urea groups is 1. The van der Waals surface area contributed by atoms with Gasteiger partial charge in [0.05, 0.1) is 6.04 Å². The summed E-state index contributed by atoms with van der Waals surface area (Å²) in [6, 6.07) is 2.70. The van der Waals surface area contributed by atoms with Gasteiger partial charge < -0.3 is 4.90 Å². The number of carbonyl (C=O) groups excluding carboxylic acids is 1. The number of hydrogen-bond donors (Lipinski definition) is 0. The Kier molecular flexibility index (Phi) is 2.93. The van der Waals surface area contributed by atoms with Gasteiger partial charge in [0.1, 0.15) is 11.6 Å². The van der Waals surface area contributed by atoms with Gasteiger partial charge in [-0.1, -0.05) is 0 Å². The summed E-state index contributed by atoms with van der Waals surface area (Å²) >= 11 is 0. The molecule has 0 aromatic heterocycles. The van der Waals surface area contributed by atoms with Crippen LogP contribution in [0.3, 0.4) is 0 Å². The summed E-state index contributed by atoms with van der Waals surface area (Å²) in [5.41, 5.74) is 0.434. The van der Waals surface area contributed by atoms with Crippen molar-refractivity contribution in [2.75, 3.05) is 13.1 Å². The molecule has 0 saturated carbocycles. The third-order valence-corrected chi connectivity index (χ3v) is 3.42. The summed E-state index contributed by atoms with van der Waals surface area (Å²) in [6.45, 7) is 1.43. The quantitative estimate of drug-likeness (QED) is 0.768. The van der Waals surface area contributed by atoms with Crippen LogP contribution >= 0.6 is 0 Å². The molecule has 1 fully saturated rings. The average Bonchev–Trinajstić information content (AvgIpc) is 2.73. The van der Waals surface area contributed by atoms with Crippen molar-refractivity contribution in [2.24, 2.45) is 5.10 Å². The summed E-state index contributed by atoms with van der Waals surface area (Å²) in [4.78, 5) is 13.8. The zero-order chi connectivity index (χ0) is 13.4. The van der Waals surface area contributed by atoms with Crippen molar-refractivity contribution in [1.29, 1.82) is 0 Å². The fourth-order valence-electron chi connectivity index (χ4n) is 2.30. The lowest BCUT2D eigenvalue weighted by Gasteiger charge is -2.35. The number of likely N-dealkylation sites (tertiary alicyclic amines) is 1. The van der Waals surface area contributed by atoms with Crippen molar-refractivity contribution in [2.45, 2.75) is 18.9 Å². The van der Waals surface area contributed by atoms with E-state index in [1.165, 1.54) is 17.1 Å². The van der Waals surface area contributed by atoms with Gasteiger partial charge in [-0.3, -0.25) is 0 Å². The van der Waals surface area contributed by atoms with Crippen LogP contribution in [0.25, 0.3) is 0 Å². The highest BCUT2D eigenvalue weighted by molar-refractivity contribution is 5.79. The second-order valence-electron chi connectivity index (χ2n) is 4.72. The Balaban J connectivity index is 1.85. The fraction of sp³-hybridized carbons (Fsp3) is 0.385. The molecule has 0 N–H and O–H groups in total. The van der Waals surface area contributed by atoms with Crippen molar-refractivity contribution in [3.8, 4) is 0 Å². The molecule has 6 heteroatoms. The minimum Gasteiger partial charge on any atom is -0.323 e. The van der Waals surface area contributed by atoms with E-state index in [-0.39, 0.29) is 6.03 Å². The maximum Gasteiger partial charge on any atom is 0.341 e. The van der Waals surface area contributed by atoms with Crippen LogP contribution in [0.2, 0.25) is 0 Å². The summed E-state index contributed by atoms with van der Waals surface area (Å²) in [5, 5.41) is 5.34. The first-order chi connectivity index (χ1) is 9.15. The molecule has 2 aliphatic heterocycles. The number of rotatable bonds is 1. The first-order valence-electron chi connectivity index (χ1n) is 6.22. The molecule has 100 valence electrons. The van der Waals surface area contributed by atoms with Gasteiger partial charge in [-0.15, -0.1) is 0 Å². The van der Waals surface area contributed by atoms with Gasteiger partial charge in [0, 0.05) is 31.8 Å². The summed E-state index contributed by atoms with van der Waals surface area (Å²) in [5.74, 6) is -1.28. The molecular formula is C13H13F2N3O. The SMILES string of the molecule is O=C(N1CCC1)N1N=CC[C@H]1c1cc(F)cc(F)c1. The molecular weight excluding hydrogens is 252 g/mol. The smallest absolute Gasteiger partial charge is 0.323 e. The Bertz CT molecular complexity index is 522. The summed E-state index contributed by atoms with van der Waals surface area (Å²) in [7, 11) is 0. The largest absolute Gasteiger partial charge is 0.341 e. The van der Waals surface area contributed by atoms with Crippen LogP contribution in [0.15, 0.2) is 23.3 Å². The minimum atomic E-state index is -0.641. The number of hydrogen-bond acceptors (Lipinski definition) is 2. The van der Waals surface area contributed by atoms with E-state index in [4.69, 9.17) is 0 Å². The minimum absolute atomic E-state index is 0.199. The summed E-state index contributed by atoms with van der Waals surface area (Å²) < 4.78 is 26.5. The Morgan fingerprint density at radius 1 is 1.21 bits per heavy atom. The molecule has 1 aromatic rings. The van der Waals surface area contributed by atoms with Gasteiger partial charge in [0.15, 0.2) is 0 Å². The molecule has 3 rings (SSSR count). The van der Waals surface area contributed by atoms with Gasteiger partial charge in [0.2, 0.25) is 0 Å². The third-order valence-electron chi connectivity index (χ3n) is 3.42. The predicted octanol–water partition coefficient (Wildman–Crippen LogP) is 2.52. The van der Waals surface area contributed by atoms with E-state index < -0.39 is 17.7 Å². The highest BCUT2D eigenvalue weighted by Gasteiger charge is 2.33. The van der Waals surface area contributed by atoms with Gasteiger partial charge in [-0.25, -0.2) is 18.6 Å². The van der Waals surface area contributed by atoms with Crippen LogP contribution in [0.5, 0.6) is 0 Å². The van der Waals surface area contributed by atoms with Crippen molar-refractivity contribution in [1.82, 2.24) is 9.91 Å². The maximum atomic E-state index is 13.3. The molecule has 1 saturated heterocycles. The molecule has 2 amide bonds. The van der Waals surface area contributed by atoms with Gasteiger partial charge in [-0.2, -0.15) is 5.10 Å². The monoisotopic (exact) mass is 265 g/mol. The molecule has 0 bridgehead atoms. The molecule has 19 heavy (non-hydrogen) atoms. The molecule has 4 nitrogen and oxygen atoms in total. The van der Waals surface area contributed by atoms with E-state index in [1.807, 2.05) is 0 Å². The maximum absolute atomic E-state index is 13.3. The highest BCUT2D eigenvalue weighted by Crippen LogP contribution is 2.30. The van der Waals surface area contributed by atoms with E-state index in [0.717, 1.165) is 25.6 Å². The number of halogens is 2. The van der Waals surface area contributed by atoms with Crippen LogP contribution in [-0.2, 0) is 0 Å². The lowest BCUT2D eigenvalue weighted by Crippen LogP contribution is -2.48. The molecule has 1 aromatic carbocycles. The first kappa shape index (κ1) is 12.1. The van der Waals surface area contributed by atoms with Crippen LogP contribution in [0.4, 0.5) is 13.6 Å². The van der Waals surface area contributed by atoms with Crippen LogP contribution in [-0.4, -0.2) is 35.2 Å². The fourth-order valence-corrected chi connectivity index (χ4v) is 2.30. The standard InChI is InChI=1S/C13H13F2N3O/c14-10-6-9(7-11(15)8-10)12-2-3-16-18(12)13(19)17-4-1-5-17/h3,6-8,12H,1-2,4-5H2/t12-/m0/s1. The lowest BCUT2D eigenvalue weighted by molar-refractivity contribution is 0.117. The van der Waals surface area contributed by atoms with Gasteiger partial charge in [0.25, 0.3) is 0 Å². The van der Waals surface area contributed by atoms with E-state index in [2.05, 4.69) is 5.10 Å². The van der Waals surface area contributed by atoms with E-state index >= 15 is 0 Å². The molecule has 0 aliphatic carbocycles. The molecule has 0 spiro atoms.